The molecule has 0 saturated carbocycles. The maximum absolute atomic E-state index is 5.14. The van der Waals surface area contributed by atoms with Gasteiger partial charge in [0.1, 0.15) is 0 Å². The first kappa shape index (κ1) is 10.1. The van der Waals surface area contributed by atoms with E-state index >= 15 is 0 Å². The molecule has 78 valence electrons. The van der Waals surface area contributed by atoms with Gasteiger partial charge in [0.05, 0.1) is 19.3 Å². The summed E-state index contributed by atoms with van der Waals surface area (Å²) in [7, 11) is 0. The molecule has 1 saturated heterocycles. The van der Waals surface area contributed by atoms with Crippen LogP contribution in [0.3, 0.4) is 0 Å². The third-order valence-electron chi connectivity index (χ3n) is 2.58. The molecule has 0 aliphatic carbocycles. The molecule has 2 nitrogen and oxygen atoms in total. The second-order valence-corrected chi connectivity index (χ2v) is 4.98. The van der Waals surface area contributed by atoms with E-state index in [2.05, 4.69) is 31.3 Å². The highest BCUT2D eigenvalue weighted by atomic mass is 32.1. The van der Waals surface area contributed by atoms with E-state index in [0.29, 0.717) is 12.1 Å². The molecule has 1 N–H and O–H groups in total. The molecular formula is C11H17NOS. The maximum atomic E-state index is 5.14. The van der Waals surface area contributed by atoms with Gasteiger partial charge in [-0.3, -0.25) is 0 Å². The number of thiophene rings is 1. The molecule has 0 aromatic carbocycles. The summed E-state index contributed by atoms with van der Waals surface area (Å²) in [5.74, 6) is 0. The number of nitrogens with one attached hydrogen (secondary N) is 1. The van der Waals surface area contributed by atoms with E-state index < -0.39 is 0 Å². The van der Waals surface area contributed by atoms with Gasteiger partial charge in [0, 0.05) is 15.8 Å². The predicted molar refractivity (Wildman–Crippen MR) is 59.9 cm³/mol. The van der Waals surface area contributed by atoms with Gasteiger partial charge >= 0.3 is 0 Å². The van der Waals surface area contributed by atoms with Gasteiger partial charge in [-0.1, -0.05) is 6.92 Å². The van der Waals surface area contributed by atoms with Crippen LogP contribution in [0, 0.1) is 0 Å². The molecule has 2 heterocycles. The van der Waals surface area contributed by atoms with Crippen LogP contribution in [-0.2, 0) is 11.2 Å². The van der Waals surface area contributed by atoms with Crippen LogP contribution < -0.4 is 5.32 Å². The van der Waals surface area contributed by atoms with E-state index in [1.807, 2.05) is 11.3 Å². The van der Waals surface area contributed by atoms with Crippen molar-refractivity contribution in [2.75, 3.05) is 13.2 Å². The molecule has 0 amide bonds. The van der Waals surface area contributed by atoms with Gasteiger partial charge in [0.15, 0.2) is 0 Å². The second-order valence-electron chi connectivity index (χ2n) is 3.78. The van der Waals surface area contributed by atoms with E-state index in [1.165, 1.54) is 9.75 Å². The summed E-state index contributed by atoms with van der Waals surface area (Å²) in [5.41, 5.74) is 0. The number of hydrogen-bond donors (Lipinski definition) is 1. The molecule has 1 aliphatic rings. The smallest absolute Gasteiger partial charge is 0.0643 e. The molecule has 1 fully saturated rings. The van der Waals surface area contributed by atoms with Crippen LogP contribution in [0.5, 0.6) is 0 Å². The van der Waals surface area contributed by atoms with Gasteiger partial charge in [-0.2, -0.15) is 0 Å². The van der Waals surface area contributed by atoms with Gasteiger partial charge in [-0.15, -0.1) is 11.3 Å². The Labute approximate surface area is 89.3 Å². The van der Waals surface area contributed by atoms with Crippen LogP contribution in [-0.4, -0.2) is 19.3 Å². The van der Waals surface area contributed by atoms with Crippen LogP contribution in [0.15, 0.2) is 12.1 Å². The summed E-state index contributed by atoms with van der Waals surface area (Å²) in [5, 5.41) is 3.56. The Kier molecular flexibility index (Phi) is 3.21. The van der Waals surface area contributed by atoms with Gasteiger partial charge < -0.3 is 10.1 Å². The van der Waals surface area contributed by atoms with Crippen molar-refractivity contribution in [3.05, 3.63) is 21.9 Å². The average Bonchev–Trinajstić information content (AvgIpc) is 2.59. The third kappa shape index (κ3) is 2.16. The van der Waals surface area contributed by atoms with E-state index in [9.17, 15) is 0 Å². The SMILES string of the molecule is CCc1ccc(C(C)NC2COC2)s1. The summed E-state index contributed by atoms with van der Waals surface area (Å²) in [6, 6.07) is 5.50. The molecule has 0 bridgehead atoms. The van der Waals surface area contributed by atoms with Gasteiger partial charge in [-0.05, 0) is 25.5 Å². The number of rotatable bonds is 4. The maximum Gasteiger partial charge on any atom is 0.0643 e. The first-order chi connectivity index (χ1) is 6.79. The zero-order valence-electron chi connectivity index (χ0n) is 8.75. The Morgan fingerprint density at radius 2 is 2.36 bits per heavy atom. The molecule has 1 aromatic heterocycles. The third-order valence-corrected chi connectivity index (χ3v) is 3.99. The fourth-order valence-corrected chi connectivity index (χ4v) is 2.55. The van der Waals surface area contributed by atoms with Crippen molar-refractivity contribution in [2.24, 2.45) is 0 Å². The van der Waals surface area contributed by atoms with Crippen molar-refractivity contribution in [3.8, 4) is 0 Å². The fourth-order valence-electron chi connectivity index (χ4n) is 1.58. The van der Waals surface area contributed by atoms with E-state index in [-0.39, 0.29) is 0 Å². The molecule has 1 aromatic rings. The molecule has 1 unspecified atom stereocenters. The highest BCUT2D eigenvalue weighted by Gasteiger charge is 2.21. The molecule has 1 atom stereocenters. The lowest BCUT2D eigenvalue weighted by Crippen LogP contribution is -2.46. The normalized spacial score (nSPS) is 19.3. The van der Waals surface area contributed by atoms with E-state index in [0.717, 1.165) is 19.6 Å². The minimum absolute atomic E-state index is 0.467. The Balaban J connectivity index is 1.92. The van der Waals surface area contributed by atoms with Crippen molar-refractivity contribution in [2.45, 2.75) is 32.4 Å². The van der Waals surface area contributed by atoms with Crippen LogP contribution >= 0.6 is 11.3 Å². The van der Waals surface area contributed by atoms with E-state index in [4.69, 9.17) is 4.74 Å². The standard InChI is InChI=1S/C11H17NOS/c1-3-10-4-5-11(14-10)8(2)12-9-6-13-7-9/h4-5,8-9,12H,3,6-7H2,1-2H3. The van der Waals surface area contributed by atoms with Crippen molar-refractivity contribution in [3.63, 3.8) is 0 Å². The predicted octanol–water partition coefficient (Wildman–Crippen LogP) is 2.36. The lowest BCUT2D eigenvalue weighted by Gasteiger charge is -2.29. The average molecular weight is 211 g/mol. The van der Waals surface area contributed by atoms with Crippen molar-refractivity contribution in [1.29, 1.82) is 0 Å². The lowest BCUT2D eigenvalue weighted by atomic mass is 10.2. The van der Waals surface area contributed by atoms with Crippen LogP contribution in [0.2, 0.25) is 0 Å². The minimum atomic E-state index is 0.467. The quantitative estimate of drug-likeness (QED) is 0.825. The second kappa shape index (κ2) is 4.43. The number of aryl methyl sites for hydroxylation is 1. The van der Waals surface area contributed by atoms with Gasteiger partial charge in [0.25, 0.3) is 0 Å². The molecule has 0 radical (unpaired) electrons. The Hall–Kier alpha value is -0.380. The van der Waals surface area contributed by atoms with Gasteiger partial charge in [0.2, 0.25) is 0 Å². The number of ether oxygens (including phenoxy) is 1. The lowest BCUT2D eigenvalue weighted by molar-refractivity contribution is -0.00909. The van der Waals surface area contributed by atoms with Crippen molar-refractivity contribution >= 4 is 11.3 Å². The summed E-state index contributed by atoms with van der Waals surface area (Å²) < 4.78 is 5.14. The van der Waals surface area contributed by atoms with E-state index in [1.54, 1.807) is 0 Å². The minimum Gasteiger partial charge on any atom is -0.378 e. The largest absolute Gasteiger partial charge is 0.378 e. The van der Waals surface area contributed by atoms with Crippen molar-refractivity contribution in [1.82, 2.24) is 5.32 Å². The zero-order valence-corrected chi connectivity index (χ0v) is 9.56. The monoisotopic (exact) mass is 211 g/mol. The van der Waals surface area contributed by atoms with Crippen molar-refractivity contribution < 1.29 is 4.74 Å². The van der Waals surface area contributed by atoms with Crippen LogP contribution in [0.4, 0.5) is 0 Å². The highest BCUT2D eigenvalue weighted by molar-refractivity contribution is 7.12. The molecule has 1 aliphatic heterocycles. The molecule has 3 heteroatoms. The molecule has 14 heavy (non-hydrogen) atoms. The Bertz CT molecular complexity index is 293. The van der Waals surface area contributed by atoms with Crippen LogP contribution in [0.1, 0.15) is 29.6 Å². The summed E-state index contributed by atoms with van der Waals surface area (Å²) in [6.07, 6.45) is 1.14. The number of hydrogen-bond acceptors (Lipinski definition) is 3. The van der Waals surface area contributed by atoms with Crippen LogP contribution in [0.25, 0.3) is 0 Å². The molecular weight excluding hydrogens is 194 g/mol. The Morgan fingerprint density at radius 1 is 1.57 bits per heavy atom. The summed E-state index contributed by atoms with van der Waals surface area (Å²) in [4.78, 5) is 2.91. The molecule has 0 spiro atoms. The summed E-state index contributed by atoms with van der Waals surface area (Å²) >= 11 is 1.91. The first-order valence-electron chi connectivity index (χ1n) is 5.22. The topological polar surface area (TPSA) is 21.3 Å². The Morgan fingerprint density at radius 3 is 2.86 bits per heavy atom. The fraction of sp³-hybridized carbons (Fsp3) is 0.636. The van der Waals surface area contributed by atoms with Gasteiger partial charge in [-0.25, -0.2) is 0 Å². The highest BCUT2D eigenvalue weighted by Crippen LogP contribution is 2.24. The zero-order chi connectivity index (χ0) is 9.97. The first-order valence-corrected chi connectivity index (χ1v) is 6.03. The molecule has 2 rings (SSSR count). The summed E-state index contributed by atoms with van der Waals surface area (Å²) in [6.45, 7) is 6.17.